The van der Waals surface area contributed by atoms with Crippen molar-refractivity contribution in [2.75, 3.05) is 0 Å². The molecule has 0 heterocycles. The van der Waals surface area contributed by atoms with Gasteiger partial charge in [0, 0.05) is 0 Å². The Labute approximate surface area is 113 Å². The topological polar surface area (TPSA) is 20.2 Å². The largest absolute Gasteiger partial charge is 0.454 e. The van der Waals surface area contributed by atoms with E-state index in [4.69, 9.17) is 0 Å². The molecule has 1 radical (unpaired) electrons. The Bertz CT molecular complexity index is 264. The first-order valence-corrected chi connectivity index (χ1v) is 8.32. The molecule has 6 unspecified atom stereocenters. The monoisotopic (exact) mass is 247 g/mol. The van der Waals surface area contributed by atoms with Gasteiger partial charge in [-0.05, 0) is 61.1 Å². The summed E-state index contributed by atoms with van der Waals surface area (Å²) in [4.78, 5) is 0. The summed E-state index contributed by atoms with van der Waals surface area (Å²) in [6.45, 7) is 2.41. The lowest BCUT2D eigenvalue weighted by atomic mass is 9.64. The Balaban J connectivity index is 1.83. The molecule has 0 spiro atoms. The van der Waals surface area contributed by atoms with Gasteiger partial charge in [0.15, 0.2) is 0 Å². The molecular weight excluding hydrogens is 219 g/mol. The Morgan fingerprint density at radius 2 is 1.67 bits per heavy atom. The van der Waals surface area contributed by atoms with Crippen molar-refractivity contribution in [3.8, 4) is 0 Å². The highest BCUT2D eigenvalue weighted by atomic mass is 16.2. The van der Waals surface area contributed by atoms with Gasteiger partial charge in [0.2, 0.25) is 0 Å². The maximum absolute atomic E-state index is 9.23. The molecule has 1 nitrogen and oxygen atoms in total. The van der Waals surface area contributed by atoms with Gasteiger partial charge in [-0.1, -0.05) is 39.0 Å². The summed E-state index contributed by atoms with van der Waals surface area (Å²) in [5, 5.41) is 9.23. The molecule has 1 N–H and O–H groups in total. The summed E-state index contributed by atoms with van der Waals surface area (Å²) in [5.74, 6) is 5.82. The van der Waals surface area contributed by atoms with E-state index in [1.165, 1.54) is 58.8 Å². The second-order valence-corrected chi connectivity index (χ2v) is 7.03. The fourth-order valence-electron chi connectivity index (χ4n) is 6.04. The third-order valence-electron chi connectivity index (χ3n) is 6.50. The summed E-state index contributed by atoms with van der Waals surface area (Å²) in [6, 6.07) is 0. The predicted molar refractivity (Wildman–Crippen MR) is 76.3 cm³/mol. The van der Waals surface area contributed by atoms with Gasteiger partial charge >= 0.3 is 0 Å². The molecule has 0 saturated heterocycles. The summed E-state index contributed by atoms with van der Waals surface area (Å²) in [5.41, 5.74) is 0. The zero-order chi connectivity index (χ0) is 12.5. The standard InChI is InChI=1S/C16H28BO/c1-2-12-13-7-3-4-8-14(13)15-9-5-6-11(10-17-18)16(12)15/h11-16,18H,2-10H2,1H3. The van der Waals surface area contributed by atoms with E-state index in [0.29, 0.717) is 0 Å². The van der Waals surface area contributed by atoms with Crippen molar-refractivity contribution in [3.05, 3.63) is 0 Å². The highest BCUT2D eigenvalue weighted by molar-refractivity contribution is 6.25. The van der Waals surface area contributed by atoms with Crippen molar-refractivity contribution < 1.29 is 5.02 Å². The van der Waals surface area contributed by atoms with Gasteiger partial charge in [0.05, 0.1) is 0 Å². The minimum absolute atomic E-state index is 0.796. The molecule has 0 aromatic heterocycles. The maximum Gasteiger partial charge on any atom is 0.287 e. The number of hydrogen-bond donors (Lipinski definition) is 1. The minimum atomic E-state index is 0.796. The Kier molecular flexibility index (Phi) is 4.03. The van der Waals surface area contributed by atoms with Gasteiger partial charge in [-0.15, -0.1) is 0 Å². The third kappa shape index (κ3) is 2.05. The van der Waals surface area contributed by atoms with E-state index < -0.39 is 0 Å². The molecule has 0 aliphatic heterocycles. The lowest BCUT2D eigenvalue weighted by Gasteiger charge is -2.38. The van der Waals surface area contributed by atoms with E-state index in [2.05, 4.69) is 6.92 Å². The molecule has 0 aromatic rings. The SMILES string of the molecule is CCC1C2CCCCC2C2CCCC(C[B]O)C12. The van der Waals surface area contributed by atoms with Crippen LogP contribution in [0.25, 0.3) is 0 Å². The van der Waals surface area contributed by atoms with E-state index in [9.17, 15) is 5.02 Å². The van der Waals surface area contributed by atoms with Gasteiger partial charge < -0.3 is 5.02 Å². The quantitative estimate of drug-likeness (QED) is 0.750. The van der Waals surface area contributed by atoms with E-state index in [1.807, 2.05) is 0 Å². The highest BCUT2D eigenvalue weighted by Gasteiger charge is 2.52. The fraction of sp³-hybridized carbons (Fsp3) is 1.00. The highest BCUT2D eigenvalue weighted by Crippen LogP contribution is 2.60. The van der Waals surface area contributed by atoms with Crippen LogP contribution in [-0.2, 0) is 0 Å². The minimum Gasteiger partial charge on any atom is -0.454 e. The molecule has 3 aliphatic rings. The molecule has 18 heavy (non-hydrogen) atoms. The van der Waals surface area contributed by atoms with Crippen LogP contribution >= 0.6 is 0 Å². The molecule has 3 rings (SSSR count). The predicted octanol–water partition coefficient (Wildman–Crippen LogP) is 3.89. The van der Waals surface area contributed by atoms with Crippen molar-refractivity contribution in [1.29, 1.82) is 0 Å². The average molecular weight is 247 g/mol. The van der Waals surface area contributed by atoms with E-state index in [1.54, 1.807) is 0 Å². The first kappa shape index (κ1) is 13.0. The van der Waals surface area contributed by atoms with Crippen LogP contribution in [0.2, 0.25) is 6.32 Å². The lowest BCUT2D eigenvalue weighted by molar-refractivity contribution is 0.131. The third-order valence-corrected chi connectivity index (χ3v) is 6.50. The van der Waals surface area contributed by atoms with Crippen LogP contribution in [0.5, 0.6) is 0 Å². The van der Waals surface area contributed by atoms with Crippen LogP contribution in [0.1, 0.15) is 58.3 Å². The van der Waals surface area contributed by atoms with E-state index >= 15 is 0 Å². The Morgan fingerprint density at radius 1 is 0.944 bits per heavy atom. The molecule has 3 saturated carbocycles. The molecule has 101 valence electrons. The second-order valence-electron chi connectivity index (χ2n) is 7.03. The van der Waals surface area contributed by atoms with Crippen molar-refractivity contribution in [2.45, 2.75) is 64.6 Å². The second kappa shape index (κ2) is 5.57. The molecule has 0 aromatic carbocycles. The molecule has 2 heteroatoms. The molecule has 3 aliphatic carbocycles. The van der Waals surface area contributed by atoms with Crippen molar-refractivity contribution >= 4 is 7.48 Å². The first-order valence-electron chi connectivity index (χ1n) is 8.32. The molecule has 0 bridgehead atoms. The number of rotatable bonds is 3. The summed E-state index contributed by atoms with van der Waals surface area (Å²) in [6.07, 6.45) is 12.6. The fourth-order valence-corrected chi connectivity index (χ4v) is 6.04. The van der Waals surface area contributed by atoms with Gasteiger partial charge in [-0.3, -0.25) is 0 Å². The zero-order valence-electron chi connectivity index (χ0n) is 11.9. The van der Waals surface area contributed by atoms with Gasteiger partial charge in [0.25, 0.3) is 7.48 Å². The first-order chi connectivity index (χ1) is 8.86. The van der Waals surface area contributed by atoms with Gasteiger partial charge in [-0.2, -0.15) is 0 Å². The number of hydrogen-bond acceptors (Lipinski definition) is 1. The van der Waals surface area contributed by atoms with Crippen molar-refractivity contribution in [2.24, 2.45) is 35.5 Å². The summed E-state index contributed by atoms with van der Waals surface area (Å²) in [7, 11) is 1.45. The number of fused-ring (bicyclic) bond motifs is 3. The molecular formula is C16H28BO. The molecule has 3 fully saturated rings. The van der Waals surface area contributed by atoms with Crippen LogP contribution in [0, 0.1) is 35.5 Å². The zero-order valence-corrected chi connectivity index (χ0v) is 11.9. The van der Waals surface area contributed by atoms with Crippen LogP contribution in [0.15, 0.2) is 0 Å². The smallest absolute Gasteiger partial charge is 0.287 e. The molecule has 6 atom stereocenters. The van der Waals surface area contributed by atoms with Gasteiger partial charge in [0.1, 0.15) is 0 Å². The Morgan fingerprint density at radius 3 is 2.39 bits per heavy atom. The van der Waals surface area contributed by atoms with Crippen molar-refractivity contribution in [1.82, 2.24) is 0 Å². The van der Waals surface area contributed by atoms with Crippen LogP contribution in [0.3, 0.4) is 0 Å². The molecule has 0 amide bonds. The van der Waals surface area contributed by atoms with Gasteiger partial charge in [-0.25, -0.2) is 0 Å². The van der Waals surface area contributed by atoms with E-state index in [-0.39, 0.29) is 0 Å². The van der Waals surface area contributed by atoms with Crippen LogP contribution < -0.4 is 0 Å². The Hall–Kier alpha value is 0.0249. The average Bonchev–Trinajstić information content (AvgIpc) is 2.74. The van der Waals surface area contributed by atoms with Crippen LogP contribution in [0.4, 0.5) is 0 Å². The normalized spacial score (nSPS) is 47.4. The summed E-state index contributed by atoms with van der Waals surface area (Å²) < 4.78 is 0. The van der Waals surface area contributed by atoms with Crippen LogP contribution in [-0.4, -0.2) is 12.5 Å². The van der Waals surface area contributed by atoms with E-state index in [0.717, 1.165) is 41.8 Å². The summed E-state index contributed by atoms with van der Waals surface area (Å²) >= 11 is 0. The maximum atomic E-state index is 9.23. The lowest BCUT2D eigenvalue weighted by Crippen LogP contribution is -2.31. The van der Waals surface area contributed by atoms with Crippen molar-refractivity contribution in [3.63, 3.8) is 0 Å².